The van der Waals surface area contributed by atoms with E-state index in [1.54, 1.807) is 5.57 Å². The highest BCUT2D eigenvalue weighted by atomic mass is 16.3. The van der Waals surface area contributed by atoms with Crippen molar-refractivity contribution in [2.24, 2.45) is 46.3 Å². The molecule has 0 aliphatic heterocycles. The SMILES string of the molecule is CCC[C@H](CC)CC[C@@H](C)[C@H]1CC[C@@H]2[C@H]3CC=C4C[C@@H](O)CC[C@]4(C)[C@@H]3CC[C@@]21C. The Morgan fingerprint density at radius 2 is 1.80 bits per heavy atom. The molecule has 1 N–H and O–H groups in total. The Hall–Kier alpha value is -0.300. The lowest BCUT2D eigenvalue weighted by Crippen LogP contribution is -2.50. The van der Waals surface area contributed by atoms with E-state index in [0.29, 0.717) is 10.8 Å². The molecule has 0 radical (unpaired) electrons. The summed E-state index contributed by atoms with van der Waals surface area (Å²) >= 11 is 0. The normalized spacial score (nSPS) is 45.1. The summed E-state index contributed by atoms with van der Waals surface area (Å²) < 4.78 is 0. The van der Waals surface area contributed by atoms with Crippen LogP contribution in [0.15, 0.2) is 11.6 Å². The lowest BCUT2D eigenvalue weighted by Gasteiger charge is -2.58. The Bertz CT molecular complexity index is 622. The molecule has 0 heterocycles. The molecule has 0 amide bonds. The smallest absolute Gasteiger partial charge is 0.0577 e. The van der Waals surface area contributed by atoms with E-state index in [0.717, 1.165) is 48.3 Å². The topological polar surface area (TPSA) is 20.2 Å². The first-order valence-electron chi connectivity index (χ1n) is 13.7. The minimum Gasteiger partial charge on any atom is -0.393 e. The third kappa shape index (κ3) is 3.84. The Morgan fingerprint density at radius 1 is 1.00 bits per heavy atom. The van der Waals surface area contributed by atoms with Crippen LogP contribution in [0.2, 0.25) is 0 Å². The monoisotopic (exact) mass is 414 g/mol. The van der Waals surface area contributed by atoms with Gasteiger partial charge < -0.3 is 5.11 Å². The van der Waals surface area contributed by atoms with Gasteiger partial charge >= 0.3 is 0 Å². The number of aliphatic hydroxyl groups excluding tert-OH is 1. The average molecular weight is 415 g/mol. The Morgan fingerprint density at radius 3 is 2.53 bits per heavy atom. The predicted molar refractivity (Wildman–Crippen MR) is 128 cm³/mol. The van der Waals surface area contributed by atoms with Gasteiger partial charge in [-0.1, -0.05) is 78.4 Å². The van der Waals surface area contributed by atoms with Crippen LogP contribution in [0.1, 0.15) is 118 Å². The van der Waals surface area contributed by atoms with Crippen molar-refractivity contribution in [2.45, 2.75) is 124 Å². The van der Waals surface area contributed by atoms with Crippen molar-refractivity contribution in [2.75, 3.05) is 0 Å². The molecular formula is C29H50O. The molecule has 3 fully saturated rings. The molecule has 3 saturated carbocycles. The molecule has 30 heavy (non-hydrogen) atoms. The van der Waals surface area contributed by atoms with E-state index in [4.69, 9.17) is 0 Å². The highest BCUT2D eigenvalue weighted by molar-refractivity contribution is 5.25. The third-order valence-corrected chi connectivity index (χ3v) is 11.1. The molecule has 172 valence electrons. The zero-order valence-corrected chi connectivity index (χ0v) is 20.8. The fraction of sp³-hybridized carbons (Fsp3) is 0.931. The van der Waals surface area contributed by atoms with Crippen molar-refractivity contribution in [3.05, 3.63) is 11.6 Å². The summed E-state index contributed by atoms with van der Waals surface area (Å²) in [5, 5.41) is 10.2. The van der Waals surface area contributed by atoms with E-state index in [9.17, 15) is 5.11 Å². The highest BCUT2D eigenvalue weighted by Gasteiger charge is 2.59. The van der Waals surface area contributed by atoms with Crippen molar-refractivity contribution < 1.29 is 5.11 Å². The van der Waals surface area contributed by atoms with E-state index < -0.39 is 0 Å². The fourth-order valence-electron chi connectivity index (χ4n) is 9.28. The summed E-state index contributed by atoms with van der Waals surface area (Å²) in [5.74, 6) is 5.55. The second-order valence-electron chi connectivity index (χ2n) is 12.5. The Kier molecular flexibility index (Phi) is 6.80. The lowest BCUT2D eigenvalue weighted by atomic mass is 9.47. The standard InChI is InChI=1S/C29H50O/c1-6-8-21(7-2)10-9-20(3)25-13-14-26-24-12-11-22-19-23(30)15-17-28(22,4)27(24)16-18-29(25,26)5/h11,20-21,23-27,30H,6-10,12-19H2,1-5H3/t20-,21+,23+,24-,25-,26-,27-,28+,29-/m1/s1. The number of fused-ring (bicyclic) bond motifs is 5. The molecule has 1 nitrogen and oxygen atoms in total. The van der Waals surface area contributed by atoms with Crippen molar-refractivity contribution >= 4 is 0 Å². The van der Waals surface area contributed by atoms with Gasteiger partial charge in [0, 0.05) is 0 Å². The predicted octanol–water partition coefficient (Wildman–Crippen LogP) is 8.17. The maximum Gasteiger partial charge on any atom is 0.0577 e. The average Bonchev–Trinajstić information content (AvgIpc) is 3.08. The van der Waals surface area contributed by atoms with E-state index in [-0.39, 0.29) is 6.10 Å². The minimum absolute atomic E-state index is 0.0777. The van der Waals surface area contributed by atoms with Crippen LogP contribution in [-0.2, 0) is 0 Å². The van der Waals surface area contributed by atoms with E-state index in [1.165, 1.54) is 70.6 Å². The minimum atomic E-state index is -0.0777. The van der Waals surface area contributed by atoms with Crippen LogP contribution in [0.25, 0.3) is 0 Å². The molecule has 4 aliphatic rings. The molecule has 0 unspecified atom stereocenters. The number of aliphatic hydroxyl groups is 1. The van der Waals surface area contributed by atoms with E-state index in [2.05, 4.69) is 40.7 Å². The van der Waals surface area contributed by atoms with Crippen LogP contribution in [0.4, 0.5) is 0 Å². The van der Waals surface area contributed by atoms with Gasteiger partial charge in [0.15, 0.2) is 0 Å². The number of hydrogen-bond donors (Lipinski definition) is 1. The summed E-state index contributed by atoms with van der Waals surface area (Å²) in [6.07, 6.45) is 20.0. The van der Waals surface area contributed by atoms with Crippen LogP contribution in [0.5, 0.6) is 0 Å². The lowest BCUT2D eigenvalue weighted by molar-refractivity contribution is -0.0574. The van der Waals surface area contributed by atoms with Gasteiger partial charge in [-0.05, 0) is 97.7 Å². The second-order valence-corrected chi connectivity index (χ2v) is 12.5. The van der Waals surface area contributed by atoms with Crippen molar-refractivity contribution in [3.8, 4) is 0 Å². The molecule has 0 saturated heterocycles. The van der Waals surface area contributed by atoms with E-state index in [1.807, 2.05) is 0 Å². The van der Waals surface area contributed by atoms with Crippen molar-refractivity contribution in [3.63, 3.8) is 0 Å². The van der Waals surface area contributed by atoms with Gasteiger partial charge in [-0.15, -0.1) is 0 Å². The van der Waals surface area contributed by atoms with Gasteiger partial charge in [0.05, 0.1) is 6.10 Å². The maximum absolute atomic E-state index is 10.2. The van der Waals surface area contributed by atoms with Crippen LogP contribution in [-0.4, -0.2) is 11.2 Å². The van der Waals surface area contributed by atoms with E-state index >= 15 is 0 Å². The van der Waals surface area contributed by atoms with Gasteiger partial charge in [-0.2, -0.15) is 0 Å². The Labute approximate surface area is 187 Å². The molecule has 0 aromatic heterocycles. The van der Waals surface area contributed by atoms with Gasteiger partial charge in [-0.3, -0.25) is 0 Å². The quantitative estimate of drug-likeness (QED) is 0.416. The van der Waals surface area contributed by atoms with Crippen LogP contribution < -0.4 is 0 Å². The Balaban J connectivity index is 1.46. The molecule has 4 rings (SSSR count). The zero-order chi connectivity index (χ0) is 21.5. The zero-order valence-electron chi connectivity index (χ0n) is 20.8. The van der Waals surface area contributed by atoms with Crippen molar-refractivity contribution in [1.82, 2.24) is 0 Å². The first-order valence-corrected chi connectivity index (χ1v) is 13.7. The van der Waals surface area contributed by atoms with Crippen LogP contribution in [0, 0.1) is 46.3 Å². The summed E-state index contributed by atoms with van der Waals surface area (Å²) in [6, 6.07) is 0. The van der Waals surface area contributed by atoms with Crippen LogP contribution in [0.3, 0.4) is 0 Å². The molecule has 4 aliphatic carbocycles. The fourth-order valence-corrected chi connectivity index (χ4v) is 9.28. The van der Waals surface area contributed by atoms with Gasteiger partial charge in [0.2, 0.25) is 0 Å². The number of hydrogen-bond acceptors (Lipinski definition) is 1. The molecule has 0 aromatic rings. The summed E-state index contributed by atoms with van der Waals surface area (Å²) in [4.78, 5) is 0. The first kappa shape index (κ1) is 22.9. The summed E-state index contributed by atoms with van der Waals surface area (Å²) in [7, 11) is 0. The summed E-state index contributed by atoms with van der Waals surface area (Å²) in [5.41, 5.74) is 2.60. The second kappa shape index (κ2) is 8.92. The van der Waals surface area contributed by atoms with Crippen molar-refractivity contribution in [1.29, 1.82) is 0 Å². The number of rotatable bonds is 7. The van der Waals surface area contributed by atoms with Crippen LogP contribution >= 0.6 is 0 Å². The molecule has 9 atom stereocenters. The highest BCUT2D eigenvalue weighted by Crippen LogP contribution is 2.67. The third-order valence-electron chi connectivity index (χ3n) is 11.1. The first-order chi connectivity index (χ1) is 14.3. The molecule has 0 spiro atoms. The maximum atomic E-state index is 10.2. The molecule has 1 heteroatoms. The van der Waals surface area contributed by atoms with Gasteiger partial charge in [0.25, 0.3) is 0 Å². The largest absolute Gasteiger partial charge is 0.393 e. The number of allylic oxidation sites excluding steroid dienone is 1. The molecular weight excluding hydrogens is 364 g/mol. The van der Waals surface area contributed by atoms with Gasteiger partial charge in [0.1, 0.15) is 0 Å². The summed E-state index contributed by atoms with van der Waals surface area (Å²) in [6.45, 7) is 12.6. The molecule has 0 aromatic carbocycles. The van der Waals surface area contributed by atoms with Gasteiger partial charge in [-0.25, -0.2) is 0 Å². The molecule has 0 bridgehead atoms.